The molecule has 1 heterocycles. The third-order valence-electron chi connectivity index (χ3n) is 6.86. The van der Waals surface area contributed by atoms with Gasteiger partial charge in [0, 0.05) is 40.2 Å². The van der Waals surface area contributed by atoms with E-state index in [0.29, 0.717) is 28.1 Å². The van der Waals surface area contributed by atoms with E-state index < -0.39 is 0 Å². The maximum absolute atomic E-state index is 13.1. The molecule has 1 saturated carbocycles. The van der Waals surface area contributed by atoms with E-state index in [1.54, 1.807) is 12.1 Å². The van der Waals surface area contributed by atoms with Crippen LogP contribution in [0.25, 0.3) is 11.1 Å². The molecule has 1 N–H and O–H groups in total. The highest BCUT2D eigenvalue weighted by atomic mass is 35.5. The number of halogens is 2. The number of rotatable bonds is 6. The van der Waals surface area contributed by atoms with Crippen LogP contribution in [-0.2, 0) is 11.2 Å². The predicted octanol–water partition coefficient (Wildman–Crippen LogP) is 6.52. The number of nitrogens with zero attached hydrogens (tertiary/aromatic N) is 1. The SMILES string of the molecule is CC(C)NC(=O)c1ccc(-c2cc(Cl)c(CC3CCN(C4CCCCC4)C3=O)c(Cl)c2)cc1. The van der Waals surface area contributed by atoms with Crippen LogP contribution in [0.1, 0.15) is 68.3 Å². The van der Waals surface area contributed by atoms with E-state index in [2.05, 4.69) is 10.2 Å². The van der Waals surface area contributed by atoms with E-state index in [4.69, 9.17) is 23.2 Å². The summed E-state index contributed by atoms with van der Waals surface area (Å²) < 4.78 is 0. The van der Waals surface area contributed by atoms with Crippen molar-refractivity contribution in [2.75, 3.05) is 6.54 Å². The van der Waals surface area contributed by atoms with E-state index in [9.17, 15) is 9.59 Å². The number of carbonyl (C=O) groups is 2. The first kappa shape index (κ1) is 24.1. The van der Waals surface area contributed by atoms with E-state index in [0.717, 1.165) is 42.5 Å². The Hall–Kier alpha value is -2.04. The molecule has 2 aromatic rings. The number of carbonyl (C=O) groups excluding carboxylic acids is 2. The van der Waals surface area contributed by atoms with Crippen molar-refractivity contribution in [2.24, 2.45) is 5.92 Å². The average Bonchev–Trinajstić information content (AvgIpc) is 3.16. The van der Waals surface area contributed by atoms with Gasteiger partial charge in [0.1, 0.15) is 0 Å². The number of hydrogen-bond donors (Lipinski definition) is 1. The third-order valence-corrected chi connectivity index (χ3v) is 7.53. The number of hydrogen-bond acceptors (Lipinski definition) is 2. The van der Waals surface area contributed by atoms with Crippen LogP contribution in [0, 0.1) is 5.92 Å². The summed E-state index contributed by atoms with van der Waals surface area (Å²) in [6.45, 7) is 4.72. The van der Waals surface area contributed by atoms with Crippen molar-refractivity contribution in [3.8, 4) is 11.1 Å². The van der Waals surface area contributed by atoms with Gasteiger partial charge in [-0.05, 0) is 80.5 Å². The van der Waals surface area contributed by atoms with Crippen LogP contribution in [0.15, 0.2) is 36.4 Å². The van der Waals surface area contributed by atoms with E-state index in [1.807, 2.05) is 38.1 Å². The first-order chi connectivity index (χ1) is 15.8. The number of benzene rings is 2. The first-order valence-corrected chi connectivity index (χ1v) is 12.8. The van der Waals surface area contributed by atoms with Gasteiger partial charge in [0.25, 0.3) is 5.91 Å². The van der Waals surface area contributed by atoms with Gasteiger partial charge < -0.3 is 10.2 Å². The first-order valence-electron chi connectivity index (χ1n) is 12.0. The lowest BCUT2D eigenvalue weighted by molar-refractivity contribution is -0.133. The molecule has 1 saturated heterocycles. The summed E-state index contributed by atoms with van der Waals surface area (Å²) in [5.74, 6) is 0.117. The van der Waals surface area contributed by atoms with Crippen LogP contribution in [0.5, 0.6) is 0 Å². The summed E-state index contributed by atoms with van der Waals surface area (Å²) in [4.78, 5) is 27.4. The largest absolute Gasteiger partial charge is 0.350 e. The highest BCUT2D eigenvalue weighted by Crippen LogP contribution is 2.36. The monoisotopic (exact) mass is 486 g/mol. The standard InChI is InChI=1S/C27H32Cl2N2O2/c1-17(2)30-26(32)19-10-8-18(9-11-19)21-15-24(28)23(25(29)16-21)14-20-12-13-31(27(20)33)22-6-4-3-5-7-22/h8-11,15-17,20,22H,3-7,12-14H2,1-2H3,(H,30,32). The Morgan fingerprint density at radius 2 is 1.64 bits per heavy atom. The van der Waals surface area contributed by atoms with Gasteiger partial charge in [0.15, 0.2) is 0 Å². The van der Waals surface area contributed by atoms with Crippen molar-refractivity contribution in [2.45, 2.75) is 70.9 Å². The molecule has 6 heteroatoms. The summed E-state index contributed by atoms with van der Waals surface area (Å²) >= 11 is 13.3. The Morgan fingerprint density at radius 3 is 2.24 bits per heavy atom. The molecule has 2 fully saturated rings. The fourth-order valence-corrected chi connectivity index (χ4v) is 5.72. The summed E-state index contributed by atoms with van der Waals surface area (Å²) in [6, 6.07) is 11.7. The second-order valence-corrected chi connectivity index (χ2v) is 10.5. The Labute approximate surface area is 206 Å². The minimum Gasteiger partial charge on any atom is -0.350 e. The summed E-state index contributed by atoms with van der Waals surface area (Å²) in [5, 5.41) is 4.07. The Morgan fingerprint density at radius 1 is 1.00 bits per heavy atom. The van der Waals surface area contributed by atoms with Crippen LogP contribution in [0.2, 0.25) is 10.0 Å². The van der Waals surface area contributed by atoms with Gasteiger partial charge in [-0.1, -0.05) is 54.6 Å². The van der Waals surface area contributed by atoms with Crippen LogP contribution in [0.3, 0.4) is 0 Å². The van der Waals surface area contributed by atoms with Crippen LogP contribution < -0.4 is 5.32 Å². The van der Waals surface area contributed by atoms with E-state index in [-0.39, 0.29) is 23.8 Å². The van der Waals surface area contributed by atoms with Gasteiger partial charge in [-0.2, -0.15) is 0 Å². The second-order valence-electron chi connectivity index (χ2n) is 9.64. The molecule has 0 radical (unpaired) electrons. The van der Waals surface area contributed by atoms with Crippen molar-refractivity contribution in [3.05, 3.63) is 57.6 Å². The molecule has 2 amide bonds. The molecule has 1 atom stereocenters. The summed E-state index contributed by atoms with van der Waals surface area (Å²) in [7, 11) is 0. The highest BCUT2D eigenvalue weighted by molar-refractivity contribution is 6.36. The minimum atomic E-state index is -0.0912. The fourth-order valence-electron chi connectivity index (χ4n) is 5.08. The lowest BCUT2D eigenvalue weighted by atomic mass is 9.93. The van der Waals surface area contributed by atoms with Gasteiger partial charge in [0.2, 0.25) is 5.91 Å². The molecule has 0 aromatic heterocycles. The molecule has 1 aliphatic carbocycles. The van der Waals surface area contributed by atoms with Gasteiger partial charge in [-0.15, -0.1) is 0 Å². The fraction of sp³-hybridized carbons (Fsp3) is 0.481. The van der Waals surface area contributed by atoms with E-state index >= 15 is 0 Å². The molecule has 2 aliphatic rings. The molecular weight excluding hydrogens is 455 g/mol. The zero-order valence-electron chi connectivity index (χ0n) is 19.4. The van der Waals surface area contributed by atoms with Gasteiger partial charge in [0.05, 0.1) is 0 Å². The highest BCUT2D eigenvalue weighted by Gasteiger charge is 2.36. The molecule has 0 bridgehead atoms. The summed E-state index contributed by atoms with van der Waals surface area (Å²) in [5.41, 5.74) is 3.29. The van der Waals surface area contributed by atoms with Crippen molar-refractivity contribution >= 4 is 35.0 Å². The van der Waals surface area contributed by atoms with Gasteiger partial charge >= 0.3 is 0 Å². The molecule has 1 aliphatic heterocycles. The van der Waals surface area contributed by atoms with Crippen molar-refractivity contribution in [1.29, 1.82) is 0 Å². The Balaban J connectivity index is 1.46. The quantitative estimate of drug-likeness (QED) is 0.504. The Bertz CT molecular complexity index is 990. The lowest BCUT2D eigenvalue weighted by Crippen LogP contribution is -2.39. The van der Waals surface area contributed by atoms with Crippen molar-refractivity contribution < 1.29 is 9.59 Å². The summed E-state index contributed by atoms with van der Waals surface area (Å²) in [6.07, 6.45) is 7.44. The third kappa shape index (κ3) is 5.55. The maximum atomic E-state index is 13.1. The zero-order chi connectivity index (χ0) is 23.5. The van der Waals surface area contributed by atoms with Crippen LogP contribution >= 0.6 is 23.2 Å². The molecule has 33 heavy (non-hydrogen) atoms. The zero-order valence-corrected chi connectivity index (χ0v) is 20.9. The second kappa shape index (κ2) is 10.5. The molecular formula is C27H32Cl2N2O2. The lowest BCUT2D eigenvalue weighted by Gasteiger charge is -2.31. The smallest absolute Gasteiger partial charge is 0.251 e. The maximum Gasteiger partial charge on any atom is 0.251 e. The molecule has 0 spiro atoms. The topological polar surface area (TPSA) is 49.4 Å². The van der Waals surface area contributed by atoms with Crippen LogP contribution in [-0.4, -0.2) is 35.3 Å². The van der Waals surface area contributed by atoms with Gasteiger partial charge in [-0.3, -0.25) is 9.59 Å². The predicted molar refractivity (Wildman–Crippen MR) is 135 cm³/mol. The normalized spacial score (nSPS) is 19.4. The van der Waals surface area contributed by atoms with Crippen LogP contribution in [0.4, 0.5) is 0 Å². The average molecular weight is 487 g/mol. The molecule has 4 rings (SSSR count). The number of nitrogens with one attached hydrogen (secondary N) is 1. The van der Waals surface area contributed by atoms with Crippen molar-refractivity contribution in [1.82, 2.24) is 10.2 Å². The van der Waals surface area contributed by atoms with E-state index in [1.165, 1.54) is 19.3 Å². The minimum absolute atomic E-state index is 0.0495. The Kier molecular flexibility index (Phi) is 7.65. The number of amides is 2. The van der Waals surface area contributed by atoms with Crippen molar-refractivity contribution in [3.63, 3.8) is 0 Å². The molecule has 4 nitrogen and oxygen atoms in total. The molecule has 1 unspecified atom stereocenters. The number of likely N-dealkylation sites (tertiary alicyclic amines) is 1. The van der Waals surface area contributed by atoms with Gasteiger partial charge in [-0.25, -0.2) is 0 Å². The molecule has 176 valence electrons. The molecule has 2 aromatic carbocycles.